The third kappa shape index (κ3) is 15.1. The van der Waals surface area contributed by atoms with Gasteiger partial charge in [0.15, 0.2) is 11.6 Å². The number of Topliss-reactive ketones (excluding diaryl/α,β-unsaturated/α-hetero) is 2. The van der Waals surface area contributed by atoms with Crippen LogP contribution in [0, 0.1) is 10.8 Å². The second-order valence-electron chi connectivity index (χ2n) is 26.9. The summed E-state index contributed by atoms with van der Waals surface area (Å²) in [5, 5.41) is 21.5. The number of alkyl carbamates (subject to hydrolysis) is 2. The first kappa shape index (κ1) is 63.1. The highest BCUT2D eigenvalue weighted by molar-refractivity contribution is 6.00. The minimum Gasteiger partial charge on any atom is -0.480 e. The number of aliphatic carboxylic acids is 1. The molecule has 20 nitrogen and oxygen atoms in total. The Bertz CT molecular complexity index is 3280. The molecule has 0 aromatic heterocycles. The average Bonchev–Trinajstić information content (AvgIpc) is 0.746. The lowest BCUT2D eigenvalue weighted by atomic mass is 9.38. The predicted molar refractivity (Wildman–Crippen MR) is 318 cm³/mol. The summed E-state index contributed by atoms with van der Waals surface area (Å²) in [4.78, 5) is 132. The number of carboxylic acid groups (broad SMARTS) is 1. The van der Waals surface area contributed by atoms with Crippen LogP contribution in [-0.2, 0) is 68.9 Å². The summed E-state index contributed by atoms with van der Waals surface area (Å²) in [7, 11) is 1.28. The quantitative estimate of drug-likeness (QED) is 0.0318. The van der Waals surface area contributed by atoms with Gasteiger partial charge in [-0.05, 0) is 126 Å². The van der Waals surface area contributed by atoms with E-state index in [0.29, 0.717) is 62.5 Å². The molecule has 87 heavy (non-hydrogen) atoms. The van der Waals surface area contributed by atoms with Gasteiger partial charge in [-0.1, -0.05) is 109 Å². The number of carboxylic acids is 1. The molecule has 0 spiro atoms. The standard InChI is InChI=1S/C34H41N3O7.C33H39N3O7/c1-32(2,3)44-31(42)36-34-19-33(20-34,21-34)17-25(30(41)43-4)35-29(40)26-16-23-12-8-9-13-24(23)18-37(26)28(39)15-14-27(38)22-10-6-5-7-11-22;1-31(2,3)43-30(42)35-33-18-32(19-33,20-33)16-24(29(40)41)34-28(39)25-15-22-11-7-8-12-23(22)17-36(25)27(38)14-13-26(37)21-9-5-4-6-10-21/h5-13,25-26H,14-21H2,1-4H3,(H,35,40)(H,36,42);4-12,24-25H,13-20H2,1-3H3,(H,34,39)(H,35,42)(H,40,41)/t25?,26-,33?,34?;24?,25-,32?,33?/m00/s1. The Labute approximate surface area is 507 Å². The molecule has 4 aromatic rings. The fourth-order valence-corrected chi connectivity index (χ4v) is 14.0. The summed E-state index contributed by atoms with van der Waals surface area (Å²) in [5.74, 6) is -3.59. The maximum absolute atomic E-state index is 13.8. The van der Waals surface area contributed by atoms with Crippen LogP contribution in [0.1, 0.15) is 162 Å². The smallest absolute Gasteiger partial charge is 0.408 e. The number of rotatable bonds is 20. The molecule has 2 aliphatic heterocycles. The second kappa shape index (κ2) is 25.1. The lowest BCUT2D eigenvalue weighted by Gasteiger charge is -2.71. The van der Waals surface area contributed by atoms with E-state index in [9.17, 15) is 53.1 Å². The Morgan fingerprint density at radius 3 is 1.21 bits per heavy atom. The summed E-state index contributed by atoms with van der Waals surface area (Å²) in [6, 6.07) is 29.0. The molecule has 2 unspecified atom stereocenters. The van der Waals surface area contributed by atoms with E-state index >= 15 is 0 Å². The number of hydrogen-bond acceptors (Lipinski definition) is 13. The van der Waals surface area contributed by atoms with Crippen molar-refractivity contribution in [2.24, 2.45) is 10.8 Å². The van der Waals surface area contributed by atoms with Crippen LogP contribution in [0.2, 0.25) is 0 Å². The van der Waals surface area contributed by atoms with Crippen molar-refractivity contribution in [1.82, 2.24) is 31.1 Å². The van der Waals surface area contributed by atoms with Crippen LogP contribution < -0.4 is 21.3 Å². The van der Waals surface area contributed by atoms with Gasteiger partial charge in [0, 0.05) is 73.8 Å². The lowest BCUT2D eigenvalue weighted by molar-refractivity contribution is -0.171. The van der Waals surface area contributed by atoms with Crippen molar-refractivity contribution in [3.8, 4) is 0 Å². The summed E-state index contributed by atoms with van der Waals surface area (Å²) in [6.45, 7) is 11.2. The first-order valence-corrected chi connectivity index (χ1v) is 29.9. The van der Waals surface area contributed by atoms with Gasteiger partial charge in [-0.25, -0.2) is 19.2 Å². The number of fused-ring (bicyclic) bond motifs is 2. The van der Waals surface area contributed by atoms with Crippen LogP contribution in [0.15, 0.2) is 109 Å². The third-order valence-electron chi connectivity index (χ3n) is 17.6. The van der Waals surface area contributed by atoms with E-state index in [1.165, 1.54) is 16.9 Å². The average molecular weight is 1190 g/mol. The Morgan fingerprint density at radius 1 is 0.506 bits per heavy atom. The van der Waals surface area contributed by atoms with Crippen LogP contribution in [0.5, 0.6) is 0 Å². The molecule has 6 aliphatic carbocycles. The Hall–Kier alpha value is -8.42. The van der Waals surface area contributed by atoms with Crippen molar-refractivity contribution in [3.05, 3.63) is 143 Å². The fraction of sp³-hybridized carbons (Fsp3) is 0.493. The third-order valence-corrected chi connectivity index (χ3v) is 17.6. The number of methoxy groups -OCH3 is 1. The number of ketones is 2. The molecule has 0 radical (unpaired) electrons. The van der Waals surface area contributed by atoms with Gasteiger partial charge in [0.05, 0.1) is 7.11 Å². The summed E-state index contributed by atoms with van der Waals surface area (Å²) >= 11 is 0. The highest BCUT2D eigenvalue weighted by Gasteiger charge is 2.70. The minimum atomic E-state index is -1.14. The normalized spacial score (nSPS) is 24.2. The van der Waals surface area contributed by atoms with Crippen LogP contribution in [0.4, 0.5) is 9.59 Å². The minimum absolute atomic E-state index is 0.00862. The van der Waals surface area contributed by atoms with Crippen molar-refractivity contribution in [2.45, 2.75) is 191 Å². The van der Waals surface area contributed by atoms with Gasteiger partial charge in [-0.3, -0.25) is 28.8 Å². The number of nitrogens with zero attached hydrogens (tertiary/aromatic N) is 2. The van der Waals surface area contributed by atoms with E-state index in [2.05, 4.69) is 21.3 Å². The Morgan fingerprint density at radius 2 is 0.851 bits per heavy atom. The molecule has 6 amide bonds. The second-order valence-corrected chi connectivity index (χ2v) is 26.9. The van der Waals surface area contributed by atoms with Crippen LogP contribution >= 0.6 is 0 Å². The predicted octanol–water partition coefficient (Wildman–Crippen LogP) is 8.11. The van der Waals surface area contributed by atoms with Gasteiger partial charge in [-0.15, -0.1) is 0 Å². The maximum Gasteiger partial charge on any atom is 0.408 e. The van der Waals surface area contributed by atoms with Crippen molar-refractivity contribution in [2.75, 3.05) is 7.11 Å². The molecule has 4 atom stereocenters. The van der Waals surface area contributed by atoms with Crippen LogP contribution in [0.25, 0.3) is 0 Å². The van der Waals surface area contributed by atoms with E-state index in [1.54, 1.807) is 69.3 Å². The highest BCUT2D eigenvalue weighted by Crippen LogP contribution is 2.70. The van der Waals surface area contributed by atoms with Crippen molar-refractivity contribution in [3.63, 3.8) is 0 Å². The topological polar surface area (TPSA) is 273 Å². The lowest BCUT2D eigenvalue weighted by Crippen LogP contribution is -2.76. The monoisotopic (exact) mass is 1190 g/mol. The fourth-order valence-electron chi connectivity index (χ4n) is 14.0. The zero-order chi connectivity index (χ0) is 62.7. The van der Waals surface area contributed by atoms with Gasteiger partial charge in [0.25, 0.3) is 0 Å². The largest absolute Gasteiger partial charge is 0.480 e. The van der Waals surface area contributed by atoms with E-state index < -0.39 is 71.3 Å². The molecule has 0 saturated heterocycles. The first-order chi connectivity index (χ1) is 41.1. The van der Waals surface area contributed by atoms with Gasteiger partial charge in [0.2, 0.25) is 23.6 Å². The molecule has 4 aromatic carbocycles. The summed E-state index contributed by atoms with van der Waals surface area (Å²) < 4.78 is 15.8. The Balaban J connectivity index is 0.000000208. The highest BCUT2D eigenvalue weighted by atomic mass is 16.6. The van der Waals surface area contributed by atoms with Crippen molar-refractivity contribution >= 4 is 59.3 Å². The molecular formula is C67H80N6O14. The molecule has 6 saturated carbocycles. The van der Waals surface area contributed by atoms with Gasteiger partial charge < -0.3 is 50.4 Å². The van der Waals surface area contributed by atoms with E-state index in [4.69, 9.17) is 14.2 Å². The number of amides is 6. The molecule has 8 aliphatic rings. The van der Waals surface area contributed by atoms with E-state index in [0.717, 1.165) is 22.3 Å². The van der Waals surface area contributed by atoms with Crippen molar-refractivity contribution < 1.29 is 67.3 Å². The molecule has 12 rings (SSSR count). The molecular weight excluding hydrogens is 1110 g/mol. The maximum atomic E-state index is 13.8. The van der Waals surface area contributed by atoms with Crippen LogP contribution in [-0.4, -0.2) is 128 Å². The summed E-state index contributed by atoms with van der Waals surface area (Å²) in [6.07, 6.45) is 4.04. The molecule has 5 N–H and O–H groups in total. The van der Waals surface area contributed by atoms with Crippen molar-refractivity contribution in [1.29, 1.82) is 0 Å². The molecule has 4 bridgehead atoms. The van der Waals surface area contributed by atoms with Gasteiger partial charge in [-0.2, -0.15) is 0 Å². The number of benzene rings is 4. The van der Waals surface area contributed by atoms with Gasteiger partial charge in [0.1, 0.15) is 35.4 Å². The zero-order valence-electron chi connectivity index (χ0n) is 50.7. The Kier molecular flexibility index (Phi) is 18.2. The SMILES string of the molecule is CC(C)(C)OC(=O)NC12CC(CC(NC(=O)[C@@H]3Cc4ccccc4CN3C(=O)CCC(=O)c3ccccc3)C(=O)O)(C1)C2.COC(=O)C(CC12CC(NC(=O)OC(C)(C)C)(C1)C2)NC(=O)[C@@H]1Cc2ccccc2CN1C(=O)CCC(=O)c1ccccc1. The number of ether oxygens (including phenoxy) is 3. The number of nitrogens with one attached hydrogen (secondary N) is 4. The first-order valence-electron chi connectivity index (χ1n) is 29.9. The zero-order valence-corrected chi connectivity index (χ0v) is 50.7. The number of carbonyl (C=O) groups is 10. The van der Waals surface area contributed by atoms with E-state index in [-0.39, 0.29) is 96.9 Å². The number of esters is 1. The summed E-state index contributed by atoms with van der Waals surface area (Å²) in [5.41, 5.74) is 2.38. The number of carbonyl (C=O) groups excluding carboxylic acids is 9. The van der Waals surface area contributed by atoms with E-state index in [1.807, 2.05) is 81.4 Å². The molecule has 6 fully saturated rings. The van der Waals surface area contributed by atoms with Crippen LogP contribution in [0.3, 0.4) is 0 Å². The molecule has 2 heterocycles. The van der Waals surface area contributed by atoms with Gasteiger partial charge >= 0.3 is 24.1 Å². The number of hydrogen-bond donors (Lipinski definition) is 5. The molecule has 20 heteroatoms. The molecule has 462 valence electrons.